The first-order valence-electron chi connectivity index (χ1n) is 5.77. The number of hydrogen-bond donors (Lipinski definition) is 2. The van der Waals surface area contributed by atoms with Crippen molar-refractivity contribution in [2.24, 2.45) is 5.10 Å². The molecular formula is C12H12BrN5O3. The fraction of sp³-hybridized carbons (Fsp3) is 0.167. The van der Waals surface area contributed by atoms with E-state index in [9.17, 15) is 4.79 Å². The van der Waals surface area contributed by atoms with Gasteiger partial charge >= 0.3 is 5.69 Å². The minimum atomic E-state index is -0.553. The molecule has 0 bridgehead atoms. The molecule has 0 radical (unpaired) electrons. The standard InChI is InChI=1S/C12H12BrN5O3/c1-20-8-4-3-7(10(13)11(8)21-2)5-14-17-9-6-15-18-12(19)16-9/h3-6H,1-2H3,(H2,16,17,18,19)/b14-5+. The summed E-state index contributed by atoms with van der Waals surface area (Å²) in [7, 11) is 3.11. The van der Waals surface area contributed by atoms with Crippen molar-refractivity contribution in [2.45, 2.75) is 0 Å². The van der Waals surface area contributed by atoms with Gasteiger partial charge in [-0.2, -0.15) is 15.2 Å². The van der Waals surface area contributed by atoms with E-state index in [2.05, 4.69) is 41.6 Å². The van der Waals surface area contributed by atoms with Crippen LogP contribution in [0.15, 0.2) is 32.7 Å². The predicted octanol–water partition coefficient (Wildman–Crippen LogP) is 1.39. The number of rotatable bonds is 5. The number of hydrazone groups is 1. The Hall–Kier alpha value is -2.42. The van der Waals surface area contributed by atoms with Crippen LogP contribution in [-0.4, -0.2) is 35.6 Å². The SMILES string of the molecule is COc1ccc(/C=N/Nc2cn[nH]c(=O)n2)c(Br)c1OC. The molecule has 0 aliphatic rings. The molecule has 2 N–H and O–H groups in total. The molecule has 0 atom stereocenters. The third-order valence-electron chi connectivity index (χ3n) is 2.47. The van der Waals surface area contributed by atoms with Crippen LogP contribution in [0.1, 0.15) is 5.56 Å². The Bertz CT molecular complexity index is 716. The molecule has 2 aromatic rings. The van der Waals surface area contributed by atoms with Gasteiger partial charge in [0.15, 0.2) is 17.3 Å². The number of benzene rings is 1. The van der Waals surface area contributed by atoms with Crippen molar-refractivity contribution in [2.75, 3.05) is 19.6 Å². The van der Waals surface area contributed by atoms with Gasteiger partial charge in [-0.1, -0.05) is 0 Å². The smallest absolute Gasteiger partial charge is 0.363 e. The number of anilines is 1. The summed E-state index contributed by atoms with van der Waals surface area (Å²) in [5.74, 6) is 1.42. The summed E-state index contributed by atoms with van der Waals surface area (Å²) >= 11 is 3.42. The number of methoxy groups -OCH3 is 2. The molecule has 2 rings (SSSR count). The predicted molar refractivity (Wildman–Crippen MR) is 81.1 cm³/mol. The van der Waals surface area contributed by atoms with Gasteiger partial charge in [-0.25, -0.2) is 9.89 Å². The van der Waals surface area contributed by atoms with E-state index in [4.69, 9.17) is 9.47 Å². The molecule has 0 saturated carbocycles. The average molecular weight is 354 g/mol. The minimum Gasteiger partial charge on any atom is -0.493 e. The van der Waals surface area contributed by atoms with E-state index in [-0.39, 0.29) is 5.82 Å². The third kappa shape index (κ3) is 3.57. The summed E-state index contributed by atoms with van der Waals surface area (Å²) in [5.41, 5.74) is 2.82. The highest BCUT2D eigenvalue weighted by Gasteiger charge is 2.11. The molecule has 0 unspecified atom stereocenters. The van der Waals surface area contributed by atoms with Crippen LogP contribution in [0.3, 0.4) is 0 Å². The van der Waals surface area contributed by atoms with Gasteiger partial charge in [0.25, 0.3) is 0 Å². The Balaban J connectivity index is 2.19. The lowest BCUT2D eigenvalue weighted by Crippen LogP contribution is -2.13. The van der Waals surface area contributed by atoms with Crippen molar-refractivity contribution in [1.29, 1.82) is 0 Å². The van der Waals surface area contributed by atoms with Crippen LogP contribution in [0.25, 0.3) is 0 Å². The van der Waals surface area contributed by atoms with E-state index in [0.717, 1.165) is 5.56 Å². The Morgan fingerprint density at radius 3 is 2.86 bits per heavy atom. The van der Waals surface area contributed by atoms with E-state index in [0.29, 0.717) is 16.0 Å². The zero-order valence-corrected chi connectivity index (χ0v) is 12.8. The molecule has 1 aromatic heterocycles. The maximum atomic E-state index is 11.0. The number of ether oxygens (including phenoxy) is 2. The molecule has 9 heteroatoms. The largest absolute Gasteiger partial charge is 0.493 e. The zero-order valence-electron chi connectivity index (χ0n) is 11.3. The van der Waals surface area contributed by atoms with Crippen LogP contribution in [-0.2, 0) is 0 Å². The van der Waals surface area contributed by atoms with Crippen LogP contribution in [0.4, 0.5) is 5.82 Å². The molecule has 0 aliphatic carbocycles. The first kappa shape index (κ1) is 15.0. The molecule has 0 saturated heterocycles. The van der Waals surface area contributed by atoms with Gasteiger partial charge in [0.1, 0.15) is 0 Å². The van der Waals surface area contributed by atoms with Crippen molar-refractivity contribution in [3.63, 3.8) is 0 Å². The van der Waals surface area contributed by atoms with Crippen molar-refractivity contribution in [3.05, 3.63) is 38.9 Å². The summed E-state index contributed by atoms with van der Waals surface area (Å²) in [5, 5.41) is 9.75. The normalized spacial score (nSPS) is 10.6. The number of aromatic nitrogens is 3. The van der Waals surface area contributed by atoms with Crippen LogP contribution >= 0.6 is 15.9 Å². The topological polar surface area (TPSA) is 101 Å². The highest BCUT2D eigenvalue weighted by molar-refractivity contribution is 9.10. The molecule has 1 aromatic carbocycles. The lowest BCUT2D eigenvalue weighted by molar-refractivity contribution is 0.353. The third-order valence-corrected chi connectivity index (χ3v) is 3.28. The number of aromatic amines is 1. The van der Waals surface area contributed by atoms with E-state index < -0.39 is 5.69 Å². The quantitative estimate of drug-likeness (QED) is 0.622. The maximum absolute atomic E-state index is 11.0. The molecule has 0 fully saturated rings. The minimum absolute atomic E-state index is 0.242. The van der Waals surface area contributed by atoms with Gasteiger partial charge in [0.05, 0.1) is 31.1 Å². The van der Waals surface area contributed by atoms with Crippen molar-refractivity contribution in [1.82, 2.24) is 15.2 Å². The highest BCUT2D eigenvalue weighted by atomic mass is 79.9. The van der Waals surface area contributed by atoms with E-state index in [1.165, 1.54) is 6.20 Å². The van der Waals surface area contributed by atoms with E-state index >= 15 is 0 Å². The molecule has 0 aliphatic heterocycles. The number of nitrogens with zero attached hydrogens (tertiary/aromatic N) is 3. The molecule has 0 spiro atoms. The first-order chi connectivity index (χ1) is 10.2. The van der Waals surface area contributed by atoms with Crippen molar-refractivity contribution >= 4 is 28.0 Å². The fourth-order valence-corrected chi connectivity index (χ4v) is 2.13. The maximum Gasteiger partial charge on any atom is 0.363 e. The summed E-state index contributed by atoms with van der Waals surface area (Å²) in [6, 6.07) is 3.57. The Morgan fingerprint density at radius 2 is 2.19 bits per heavy atom. The van der Waals surface area contributed by atoms with Gasteiger partial charge in [0.2, 0.25) is 0 Å². The van der Waals surface area contributed by atoms with Crippen LogP contribution in [0, 0.1) is 0 Å². The van der Waals surface area contributed by atoms with Gasteiger partial charge in [-0.15, -0.1) is 0 Å². The second-order valence-electron chi connectivity index (χ2n) is 3.75. The summed E-state index contributed by atoms with van der Waals surface area (Å²) in [6.45, 7) is 0. The lowest BCUT2D eigenvalue weighted by Gasteiger charge is -2.10. The number of hydrogen-bond acceptors (Lipinski definition) is 7. The van der Waals surface area contributed by atoms with Gasteiger partial charge in [-0.05, 0) is 28.1 Å². The van der Waals surface area contributed by atoms with Crippen LogP contribution < -0.4 is 20.6 Å². The lowest BCUT2D eigenvalue weighted by atomic mass is 10.2. The van der Waals surface area contributed by atoms with Gasteiger partial charge < -0.3 is 9.47 Å². The fourth-order valence-electron chi connectivity index (χ4n) is 1.54. The van der Waals surface area contributed by atoms with E-state index in [1.54, 1.807) is 32.6 Å². The second-order valence-corrected chi connectivity index (χ2v) is 4.54. The molecule has 110 valence electrons. The van der Waals surface area contributed by atoms with Gasteiger partial charge in [0, 0.05) is 5.56 Å². The summed E-state index contributed by atoms with van der Waals surface area (Å²) in [6.07, 6.45) is 2.90. The van der Waals surface area contributed by atoms with Crippen LogP contribution in [0.2, 0.25) is 0 Å². The average Bonchev–Trinajstić information content (AvgIpc) is 2.48. The second kappa shape index (κ2) is 6.84. The Labute approximate surface area is 128 Å². The van der Waals surface area contributed by atoms with Gasteiger partial charge in [-0.3, -0.25) is 5.43 Å². The molecule has 21 heavy (non-hydrogen) atoms. The van der Waals surface area contributed by atoms with E-state index in [1.807, 2.05) is 0 Å². The number of halogens is 1. The molecular weight excluding hydrogens is 342 g/mol. The molecule has 8 nitrogen and oxygen atoms in total. The summed E-state index contributed by atoms with van der Waals surface area (Å²) < 4.78 is 11.2. The number of nitrogens with one attached hydrogen (secondary N) is 2. The highest BCUT2D eigenvalue weighted by Crippen LogP contribution is 2.36. The first-order valence-corrected chi connectivity index (χ1v) is 6.56. The Kier molecular flexibility index (Phi) is 4.88. The zero-order chi connectivity index (χ0) is 15.2. The van der Waals surface area contributed by atoms with Crippen LogP contribution in [0.5, 0.6) is 11.5 Å². The number of H-pyrrole nitrogens is 1. The summed E-state index contributed by atoms with van der Waals surface area (Å²) in [4.78, 5) is 14.6. The Morgan fingerprint density at radius 1 is 1.38 bits per heavy atom. The monoisotopic (exact) mass is 353 g/mol. The molecule has 0 amide bonds. The van der Waals surface area contributed by atoms with Crippen molar-refractivity contribution < 1.29 is 9.47 Å². The molecule has 1 heterocycles. The van der Waals surface area contributed by atoms with Crippen molar-refractivity contribution in [3.8, 4) is 11.5 Å².